The van der Waals surface area contributed by atoms with Crippen molar-refractivity contribution >= 4 is 28.4 Å². The lowest BCUT2D eigenvalue weighted by atomic mass is 9.88. The van der Waals surface area contributed by atoms with Crippen LogP contribution in [-0.2, 0) is 17.6 Å². The van der Waals surface area contributed by atoms with Crippen molar-refractivity contribution in [3.8, 4) is 6.01 Å². The summed E-state index contributed by atoms with van der Waals surface area (Å²) in [6.07, 6.45) is 12.0. The first-order valence-corrected chi connectivity index (χ1v) is 18.6. The van der Waals surface area contributed by atoms with Crippen molar-refractivity contribution in [3.63, 3.8) is 0 Å². The molecule has 0 spiro atoms. The molecule has 8 rings (SSSR count). The molecule has 5 atom stereocenters. The number of piperazine rings is 1. The van der Waals surface area contributed by atoms with E-state index in [9.17, 15) is 5.11 Å². The predicted octanol–water partition coefficient (Wildman–Crippen LogP) is 7.00. The van der Waals surface area contributed by atoms with E-state index in [1.54, 1.807) is 6.08 Å². The number of hydrogen-bond donors (Lipinski definition) is 2. The van der Waals surface area contributed by atoms with Crippen molar-refractivity contribution in [2.45, 2.75) is 102 Å². The molecule has 5 heterocycles. The van der Waals surface area contributed by atoms with E-state index in [1.807, 2.05) is 19.2 Å². The minimum Gasteiger partial charge on any atom is -0.508 e. The van der Waals surface area contributed by atoms with E-state index in [2.05, 4.69) is 40.0 Å². The second-order valence-corrected chi connectivity index (χ2v) is 15.2. The number of nitrogens with zero attached hydrogens (tertiary/aromatic N) is 4. The molecule has 3 aromatic rings. The maximum absolute atomic E-state index is 16.9. The highest BCUT2D eigenvalue weighted by molar-refractivity contribution is 5.93. The smallest absolute Gasteiger partial charge is 0.319 e. The van der Waals surface area contributed by atoms with E-state index in [0.717, 1.165) is 55.3 Å². The van der Waals surface area contributed by atoms with E-state index < -0.39 is 11.6 Å². The number of hydrogen-bond acceptors (Lipinski definition) is 8. The number of aromatic nitrogens is 2. The lowest BCUT2D eigenvalue weighted by Crippen LogP contribution is -2.51. The largest absolute Gasteiger partial charge is 0.508 e. The zero-order valence-corrected chi connectivity index (χ0v) is 29.4. The van der Waals surface area contributed by atoms with Crippen LogP contribution in [0.3, 0.4) is 0 Å². The monoisotopic (exact) mass is 685 g/mol. The van der Waals surface area contributed by atoms with Gasteiger partial charge in [-0.15, -0.1) is 0 Å². The van der Waals surface area contributed by atoms with Crippen LogP contribution in [0.1, 0.15) is 81.0 Å². The molecule has 266 valence electrons. The van der Waals surface area contributed by atoms with Crippen LogP contribution in [0, 0.1) is 17.6 Å². The Kier molecular flexibility index (Phi) is 9.29. The van der Waals surface area contributed by atoms with Gasteiger partial charge in [0.1, 0.15) is 22.9 Å². The number of halogens is 2. The number of fused-ring (bicyclic) bond motifs is 6. The fourth-order valence-electron chi connectivity index (χ4n) is 9.41. The molecule has 4 fully saturated rings. The van der Waals surface area contributed by atoms with E-state index in [1.165, 1.54) is 25.0 Å². The summed E-state index contributed by atoms with van der Waals surface area (Å²) in [6, 6.07) is 9.19. The van der Waals surface area contributed by atoms with Crippen LogP contribution in [0.25, 0.3) is 22.6 Å². The van der Waals surface area contributed by atoms with Gasteiger partial charge >= 0.3 is 6.01 Å². The maximum Gasteiger partial charge on any atom is 0.319 e. The van der Waals surface area contributed by atoms with Gasteiger partial charge in [-0.2, -0.15) is 9.97 Å². The third-order valence-electron chi connectivity index (χ3n) is 11.8. The number of aryl methyl sites for hydroxylation is 1. The fraction of sp³-hybridized carbons (Fsp3) is 0.550. The molecule has 0 saturated carbocycles. The summed E-state index contributed by atoms with van der Waals surface area (Å²) in [4.78, 5) is 14.2. The standard InChI is InChI=1S/C40H49F2N5O3/c1-4-24-6-5-7-25-14-31(48)15-26(8-13-33(24)25)36-35(41)18-34-38(37(36)42)44-40(45-39(34)46-20-27-9-10-28(21-46)43-27)50-22-23(2)19-47-29-11-12-30(47)17-32(16-29)49-3/h5-7,14-15,18,23,27-30,32,43,48H,4,8-13,16-17,19-22H2,1-3H3/b26-15+,31-14+/t23-,27?,28?,29?,30?,32?/m1/s1. The highest BCUT2D eigenvalue weighted by atomic mass is 19.1. The highest BCUT2D eigenvalue weighted by Gasteiger charge is 2.41. The van der Waals surface area contributed by atoms with Crippen molar-refractivity contribution in [3.05, 3.63) is 70.0 Å². The van der Waals surface area contributed by atoms with E-state index in [4.69, 9.17) is 14.5 Å². The number of anilines is 1. The molecule has 8 nitrogen and oxygen atoms in total. The molecule has 0 amide bonds. The fourth-order valence-corrected chi connectivity index (χ4v) is 9.41. The summed E-state index contributed by atoms with van der Waals surface area (Å²) in [5, 5.41) is 14.9. The maximum atomic E-state index is 16.9. The van der Waals surface area contributed by atoms with Gasteiger partial charge in [0, 0.05) is 62.2 Å². The molecule has 4 aliphatic heterocycles. The number of allylic oxidation sites excluding steroid dienone is 2. The van der Waals surface area contributed by atoms with Crippen LogP contribution in [0.2, 0.25) is 0 Å². The Balaban J connectivity index is 1.12. The van der Waals surface area contributed by atoms with Gasteiger partial charge in [-0.1, -0.05) is 32.0 Å². The number of rotatable bonds is 9. The number of aliphatic hydroxyl groups excluding tert-OH is 1. The lowest BCUT2D eigenvalue weighted by molar-refractivity contribution is -0.00166. The number of benzene rings is 2. The number of aliphatic hydroxyl groups is 1. The molecule has 10 heteroatoms. The highest BCUT2D eigenvalue weighted by Crippen LogP contribution is 2.39. The molecule has 4 saturated heterocycles. The van der Waals surface area contributed by atoms with Gasteiger partial charge in [-0.3, -0.25) is 4.90 Å². The molecule has 1 aliphatic carbocycles. The van der Waals surface area contributed by atoms with Gasteiger partial charge in [0.25, 0.3) is 0 Å². The molecule has 0 radical (unpaired) electrons. The number of ether oxygens (including phenoxy) is 2. The van der Waals surface area contributed by atoms with Gasteiger partial charge in [0.05, 0.1) is 18.3 Å². The van der Waals surface area contributed by atoms with Gasteiger partial charge in [-0.25, -0.2) is 8.78 Å². The molecule has 2 aromatic carbocycles. The second kappa shape index (κ2) is 13.8. The minimum absolute atomic E-state index is 0.0364. The first kappa shape index (κ1) is 33.5. The van der Waals surface area contributed by atoms with E-state index >= 15 is 8.78 Å². The second-order valence-electron chi connectivity index (χ2n) is 15.2. The van der Waals surface area contributed by atoms with E-state index in [-0.39, 0.29) is 28.8 Å². The SMILES string of the molecule is CCc1cccc2c1CC/C(c1c(F)cc3c(N4CC5CCC(C4)N5)nc(OC[C@H](C)CN4C5CCC4CC(OC)C5)nc3c1F)=C\C(O)=C/2. The Bertz CT molecular complexity index is 1800. The molecule has 5 aliphatic rings. The Hall–Kier alpha value is -3.60. The molecule has 50 heavy (non-hydrogen) atoms. The summed E-state index contributed by atoms with van der Waals surface area (Å²) in [6.45, 7) is 6.97. The molecule has 4 bridgehead atoms. The lowest BCUT2D eigenvalue weighted by Gasteiger charge is -2.39. The van der Waals surface area contributed by atoms with Crippen LogP contribution < -0.4 is 15.0 Å². The van der Waals surface area contributed by atoms with Crippen molar-refractivity contribution < 1.29 is 23.4 Å². The normalized spacial score (nSPS) is 29.1. The third-order valence-corrected chi connectivity index (χ3v) is 11.8. The van der Waals surface area contributed by atoms with Gasteiger partial charge in [-0.05, 0) is 98.3 Å². The molecule has 2 N–H and O–H groups in total. The average molecular weight is 686 g/mol. The topological polar surface area (TPSA) is 83.0 Å². The van der Waals surface area contributed by atoms with Crippen LogP contribution in [0.15, 0.2) is 36.1 Å². The van der Waals surface area contributed by atoms with Crippen molar-refractivity contribution in [1.29, 1.82) is 0 Å². The zero-order valence-electron chi connectivity index (χ0n) is 29.4. The van der Waals surface area contributed by atoms with Crippen LogP contribution >= 0.6 is 0 Å². The Morgan fingerprint density at radius 1 is 1.02 bits per heavy atom. The summed E-state index contributed by atoms with van der Waals surface area (Å²) >= 11 is 0. The zero-order chi connectivity index (χ0) is 34.5. The first-order chi connectivity index (χ1) is 24.3. The number of methoxy groups -OCH3 is 1. The Morgan fingerprint density at radius 3 is 2.50 bits per heavy atom. The van der Waals surface area contributed by atoms with Crippen LogP contribution in [0.5, 0.6) is 6.01 Å². The summed E-state index contributed by atoms with van der Waals surface area (Å²) in [5.74, 6) is -0.757. The number of piperidine rings is 1. The summed E-state index contributed by atoms with van der Waals surface area (Å²) < 4.78 is 45.2. The summed E-state index contributed by atoms with van der Waals surface area (Å²) in [5.41, 5.74) is 3.47. The van der Waals surface area contributed by atoms with Gasteiger partial charge < -0.3 is 24.8 Å². The Labute approximate surface area is 293 Å². The third kappa shape index (κ3) is 6.39. The Morgan fingerprint density at radius 2 is 1.78 bits per heavy atom. The molecule has 1 aromatic heterocycles. The molecule has 4 unspecified atom stereocenters. The first-order valence-electron chi connectivity index (χ1n) is 18.6. The van der Waals surface area contributed by atoms with Crippen LogP contribution in [-0.4, -0.2) is 83.6 Å². The van der Waals surface area contributed by atoms with Gasteiger partial charge in [0.15, 0.2) is 5.82 Å². The molecular weight excluding hydrogens is 636 g/mol. The van der Waals surface area contributed by atoms with Crippen LogP contribution in [0.4, 0.5) is 14.6 Å². The van der Waals surface area contributed by atoms with Crippen molar-refractivity contribution in [2.75, 3.05) is 38.3 Å². The van der Waals surface area contributed by atoms with Crippen molar-refractivity contribution in [2.24, 2.45) is 5.92 Å². The quantitative estimate of drug-likeness (QED) is 0.249. The average Bonchev–Trinajstić information content (AvgIpc) is 3.55. The minimum atomic E-state index is -0.749. The van der Waals surface area contributed by atoms with E-state index in [0.29, 0.717) is 79.6 Å². The summed E-state index contributed by atoms with van der Waals surface area (Å²) in [7, 11) is 1.82. The van der Waals surface area contributed by atoms with Crippen molar-refractivity contribution in [1.82, 2.24) is 20.2 Å². The van der Waals surface area contributed by atoms with Gasteiger partial charge in [0.2, 0.25) is 0 Å². The predicted molar refractivity (Wildman–Crippen MR) is 193 cm³/mol. The number of nitrogens with one attached hydrogen (secondary N) is 1. The molecular formula is C40H49F2N5O3.